The van der Waals surface area contributed by atoms with Crippen LogP contribution in [0.25, 0.3) is 0 Å². The number of ether oxygens (including phenoxy) is 3. The van der Waals surface area contributed by atoms with E-state index in [1.54, 1.807) is 12.1 Å². The van der Waals surface area contributed by atoms with Crippen LogP contribution in [0.15, 0.2) is 46.9 Å². The van der Waals surface area contributed by atoms with Crippen LogP contribution >= 0.6 is 15.9 Å². The number of nitro benzene ring substituents is 1. The van der Waals surface area contributed by atoms with E-state index in [4.69, 9.17) is 14.2 Å². The summed E-state index contributed by atoms with van der Waals surface area (Å²) >= 11 is 3.32. The van der Waals surface area contributed by atoms with Crippen molar-refractivity contribution in [2.45, 2.75) is 0 Å². The van der Waals surface area contributed by atoms with E-state index in [-0.39, 0.29) is 30.2 Å². The number of nitrogens with zero attached hydrogens (tertiary/aromatic N) is 1. The van der Waals surface area contributed by atoms with Crippen LogP contribution in [0.2, 0.25) is 0 Å². The molecular formula is C16H14BrNO6. The van der Waals surface area contributed by atoms with Crippen LogP contribution in [0, 0.1) is 10.1 Å². The monoisotopic (exact) mass is 395 g/mol. The Morgan fingerprint density at radius 3 is 2.67 bits per heavy atom. The Bertz CT molecular complexity index is 749. The van der Waals surface area contributed by atoms with Crippen LogP contribution in [0.4, 0.5) is 5.69 Å². The van der Waals surface area contributed by atoms with E-state index >= 15 is 0 Å². The molecule has 0 saturated carbocycles. The first-order valence-corrected chi connectivity index (χ1v) is 7.68. The first-order valence-electron chi connectivity index (χ1n) is 6.89. The third kappa shape index (κ3) is 4.69. The molecule has 0 aliphatic carbocycles. The summed E-state index contributed by atoms with van der Waals surface area (Å²) in [5.41, 5.74) is -0.220. The van der Waals surface area contributed by atoms with Gasteiger partial charge in [-0.1, -0.05) is 22.0 Å². The van der Waals surface area contributed by atoms with Crippen molar-refractivity contribution in [2.75, 3.05) is 20.3 Å². The molecule has 2 aromatic carbocycles. The highest BCUT2D eigenvalue weighted by atomic mass is 79.9. The highest BCUT2D eigenvalue weighted by molar-refractivity contribution is 9.10. The fraction of sp³-hybridized carbons (Fsp3) is 0.188. The minimum absolute atomic E-state index is 0.0190. The van der Waals surface area contributed by atoms with Gasteiger partial charge in [0, 0.05) is 10.5 Å². The maximum absolute atomic E-state index is 11.9. The summed E-state index contributed by atoms with van der Waals surface area (Å²) in [5.74, 6) is 0.0497. The summed E-state index contributed by atoms with van der Waals surface area (Å²) in [7, 11) is 1.32. The Balaban J connectivity index is 1.90. The molecule has 24 heavy (non-hydrogen) atoms. The van der Waals surface area contributed by atoms with Gasteiger partial charge < -0.3 is 14.2 Å². The molecule has 126 valence electrons. The number of methoxy groups -OCH3 is 1. The molecule has 0 amide bonds. The molecule has 0 spiro atoms. The quantitative estimate of drug-likeness (QED) is 0.308. The summed E-state index contributed by atoms with van der Waals surface area (Å²) in [5, 5.41) is 10.9. The van der Waals surface area contributed by atoms with Crippen molar-refractivity contribution in [3.63, 3.8) is 0 Å². The van der Waals surface area contributed by atoms with E-state index < -0.39 is 10.9 Å². The Hall–Kier alpha value is -2.61. The second-order valence-corrected chi connectivity index (χ2v) is 5.50. The van der Waals surface area contributed by atoms with E-state index in [9.17, 15) is 14.9 Å². The molecule has 0 fully saturated rings. The van der Waals surface area contributed by atoms with E-state index in [1.807, 2.05) is 12.1 Å². The number of benzene rings is 2. The standard InChI is InChI=1S/C16H14BrNO6/c1-22-15-6-5-11(9-14(15)18(20)21)16(19)24-8-7-23-13-4-2-3-12(17)10-13/h2-6,9-10H,7-8H2,1H3. The molecule has 0 unspecified atom stereocenters. The lowest BCUT2D eigenvalue weighted by atomic mass is 10.2. The number of hydrogen-bond acceptors (Lipinski definition) is 6. The van der Waals surface area contributed by atoms with Gasteiger partial charge in [-0.2, -0.15) is 0 Å². The molecule has 0 aliphatic heterocycles. The van der Waals surface area contributed by atoms with Gasteiger partial charge in [-0.25, -0.2) is 4.79 Å². The summed E-state index contributed by atoms with van der Waals surface area (Å²) in [6.07, 6.45) is 0. The molecule has 2 aromatic rings. The third-order valence-electron chi connectivity index (χ3n) is 2.99. The lowest BCUT2D eigenvalue weighted by Crippen LogP contribution is -2.12. The Kier molecular flexibility index (Phi) is 6.14. The molecule has 2 rings (SSSR count). The van der Waals surface area contributed by atoms with Crippen molar-refractivity contribution in [1.29, 1.82) is 0 Å². The fourth-order valence-electron chi connectivity index (χ4n) is 1.89. The highest BCUT2D eigenvalue weighted by Crippen LogP contribution is 2.27. The zero-order chi connectivity index (χ0) is 17.5. The van der Waals surface area contributed by atoms with Crippen LogP contribution in [0.1, 0.15) is 10.4 Å². The third-order valence-corrected chi connectivity index (χ3v) is 3.49. The van der Waals surface area contributed by atoms with Gasteiger partial charge >= 0.3 is 11.7 Å². The average molecular weight is 396 g/mol. The lowest BCUT2D eigenvalue weighted by molar-refractivity contribution is -0.385. The smallest absolute Gasteiger partial charge is 0.338 e. The van der Waals surface area contributed by atoms with Gasteiger partial charge in [0.05, 0.1) is 17.6 Å². The minimum atomic E-state index is -0.668. The van der Waals surface area contributed by atoms with Crippen LogP contribution in [-0.4, -0.2) is 31.2 Å². The summed E-state index contributed by atoms with van der Waals surface area (Å²) < 4.78 is 16.2. The van der Waals surface area contributed by atoms with Crippen molar-refractivity contribution >= 4 is 27.6 Å². The predicted octanol–water partition coefficient (Wildman–Crippen LogP) is 3.60. The SMILES string of the molecule is COc1ccc(C(=O)OCCOc2cccc(Br)c2)cc1[N+](=O)[O-]. The Labute approximate surface area is 146 Å². The van der Waals surface area contributed by atoms with E-state index in [1.165, 1.54) is 19.2 Å². The van der Waals surface area contributed by atoms with Crippen molar-refractivity contribution < 1.29 is 23.9 Å². The number of carbonyl (C=O) groups is 1. The molecule has 0 N–H and O–H groups in total. The van der Waals surface area contributed by atoms with Crippen LogP contribution in [0.3, 0.4) is 0 Å². The number of rotatable bonds is 7. The number of halogens is 1. The first kappa shape index (κ1) is 17.7. The van der Waals surface area contributed by atoms with Crippen molar-refractivity contribution in [3.8, 4) is 11.5 Å². The van der Waals surface area contributed by atoms with Crippen LogP contribution in [0.5, 0.6) is 11.5 Å². The highest BCUT2D eigenvalue weighted by Gasteiger charge is 2.18. The normalized spacial score (nSPS) is 10.1. The number of hydrogen-bond donors (Lipinski definition) is 0. The van der Waals surface area contributed by atoms with Gasteiger partial charge in [0.1, 0.15) is 19.0 Å². The van der Waals surface area contributed by atoms with Gasteiger partial charge in [0.2, 0.25) is 0 Å². The Morgan fingerprint density at radius 1 is 1.21 bits per heavy atom. The molecule has 0 aliphatic rings. The maximum atomic E-state index is 11.9. The average Bonchev–Trinajstić information content (AvgIpc) is 2.58. The maximum Gasteiger partial charge on any atom is 0.338 e. The summed E-state index contributed by atoms with van der Waals surface area (Å²) in [6, 6.07) is 11.1. The number of nitro groups is 1. The van der Waals surface area contributed by atoms with Crippen molar-refractivity contribution in [1.82, 2.24) is 0 Å². The zero-order valence-corrected chi connectivity index (χ0v) is 14.3. The van der Waals surface area contributed by atoms with E-state index in [0.717, 1.165) is 10.5 Å². The molecule has 0 bridgehead atoms. The minimum Gasteiger partial charge on any atom is -0.490 e. The van der Waals surface area contributed by atoms with Crippen LogP contribution in [-0.2, 0) is 4.74 Å². The second kappa shape index (κ2) is 8.30. The van der Waals surface area contributed by atoms with Crippen molar-refractivity contribution in [3.05, 3.63) is 62.6 Å². The number of esters is 1. The van der Waals surface area contributed by atoms with E-state index in [2.05, 4.69) is 15.9 Å². The molecule has 0 saturated heterocycles. The molecule has 0 radical (unpaired) electrons. The van der Waals surface area contributed by atoms with Crippen LogP contribution < -0.4 is 9.47 Å². The topological polar surface area (TPSA) is 87.9 Å². The predicted molar refractivity (Wildman–Crippen MR) is 89.6 cm³/mol. The van der Waals surface area contributed by atoms with Gasteiger partial charge in [-0.3, -0.25) is 10.1 Å². The number of carbonyl (C=O) groups excluding carboxylic acids is 1. The van der Waals surface area contributed by atoms with Gasteiger partial charge in [-0.15, -0.1) is 0 Å². The molecule has 0 atom stereocenters. The fourth-order valence-corrected chi connectivity index (χ4v) is 2.27. The second-order valence-electron chi connectivity index (χ2n) is 4.59. The Morgan fingerprint density at radius 2 is 2.00 bits per heavy atom. The lowest BCUT2D eigenvalue weighted by Gasteiger charge is -2.08. The van der Waals surface area contributed by atoms with E-state index in [0.29, 0.717) is 5.75 Å². The molecule has 0 aromatic heterocycles. The summed E-state index contributed by atoms with van der Waals surface area (Å²) in [6.45, 7) is 0.186. The van der Waals surface area contributed by atoms with Gasteiger partial charge in [0.15, 0.2) is 5.75 Å². The molecule has 7 nitrogen and oxygen atoms in total. The largest absolute Gasteiger partial charge is 0.490 e. The molecular weight excluding hydrogens is 382 g/mol. The zero-order valence-electron chi connectivity index (χ0n) is 12.7. The molecule has 0 heterocycles. The van der Waals surface area contributed by atoms with Gasteiger partial charge in [-0.05, 0) is 30.3 Å². The summed E-state index contributed by atoms with van der Waals surface area (Å²) in [4.78, 5) is 22.3. The molecule has 8 heteroatoms. The van der Waals surface area contributed by atoms with Crippen molar-refractivity contribution in [2.24, 2.45) is 0 Å². The van der Waals surface area contributed by atoms with Gasteiger partial charge in [0.25, 0.3) is 0 Å². The first-order chi connectivity index (χ1) is 11.5.